The second kappa shape index (κ2) is 15.2. The summed E-state index contributed by atoms with van der Waals surface area (Å²) >= 11 is 13.0. The number of hydrogen-bond donors (Lipinski definition) is 3. The maximum Gasteiger partial charge on any atom is 0.407 e. The second-order valence-electron chi connectivity index (χ2n) is 12.5. The number of imidazole rings is 1. The number of nitrogens with one attached hydrogen (secondary N) is 3. The summed E-state index contributed by atoms with van der Waals surface area (Å²) in [4.78, 5) is 36.8. The number of amides is 1. The highest BCUT2D eigenvalue weighted by Gasteiger charge is 2.41. The number of aromatic nitrogens is 3. The Bertz CT molecular complexity index is 1570. The smallest absolute Gasteiger partial charge is 0.407 e. The van der Waals surface area contributed by atoms with Crippen molar-refractivity contribution in [1.82, 2.24) is 20.3 Å². The Morgan fingerprint density at radius 3 is 2.43 bits per heavy atom. The van der Waals surface area contributed by atoms with Crippen LogP contribution >= 0.6 is 23.2 Å². The van der Waals surface area contributed by atoms with E-state index in [0.717, 1.165) is 0 Å². The predicted molar refractivity (Wildman–Crippen MR) is 168 cm³/mol. The molecule has 0 radical (unpaired) electrons. The van der Waals surface area contributed by atoms with Crippen molar-refractivity contribution >= 4 is 57.9 Å². The van der Waals surface area contributed by atoms with Gasteiger partial charge in [0.2, 0.25) is 11.8 Å². The molecule has 2 aromatic heterocycles. The highest BCUT2D eigenvalue weighted by atomic mass is 35.5. The van der Waals surface area contributed by atoms with Crippen LogP contribution in [-0.4, -0.2) is 51.6 Å². The summed E-state index contributed by atoms with van der Waals surface area (Å²) < 4.78 is 75.4. The lowest BCUT2D eigenvalue weighted by molar-refractivity contribution is -0.184. The highest BCUT2D eigenvalue weighted by Crippen LogP contribution is 2.41. The van der Waals surface area contributed by atoms with Crippen LogP contribution in [0.3, 0.4) is 0 Å². The number of alkyl carbamates (subject to hydrolysis) is 1. The fourth-order valence-corrected chi connectivity index (χ4v) is 5.88. The summed E-state index contributed by atoms with van der Waals surface area (Å²) in [5.41, 5.74) is 0.408. The first-order valence-electron chi connectivity index (χ1n) is 15.1. The molecule has 0 bridgehead atoms. The van der Waals surface area contributed by atoms with Gasteiger partial charge in [-0.2, -0.15) is 23.1 Å². The van der Waals surface area contributed by atoms with Crippen LogP contribution in [0, 0.1) is 11.8 Å². The van der Waals surface area contributed by atoms with Crippen molar-refractivity contribution in [2.75, 3.05) is 11.9 Å². The number of Topliss-reactive ketones (excluding diaryl/α,β-unsaturated/α-hetero) is 1. The molecule has 3 N–H and O–H groups in total. The van der Waals surface area contributed by atoms with E-state index in [1.807, 2.05) is 0 Å². The van der Waals surface area contributed by atoms with E-state index in [4.69, 9.17) is 32.7 Å². The van der Waals surface area contributed by atoms with Crippen LogP contribution in [0.1, 0.15) is 81.6 Å². The summed E-state index contributed by atoms with van der Waals surface area (Å²) in [5.74, 6) is -1.79. The molecule has 1 aliphatic rings. The number of ketones is 1. The number of rotatable bonds is 12. The third kappa shape index (κ3) is 10.3. The average Bonchev–Trinajstić information content (AvgIpc) is 3.37. The predicted octanol–water partition coefficient (Wildman–Crippen LogP) is 9.40. The number of nitrogens with zero attached hydrogens (tertiary/aromatic N) is 2. The molecule has 0 saturated heterocycles. The van der Waals surface area contributed by atoms with Gasteiger partial charge in [-0.25, -0.2) is 13.6 Å². The molecule has 1 saturated carbocycles. The molecule has 2 heterocycles. The number of carbonyl (C=O) groups excluding carboxylic acids is 2. The van der Waals surface area contributed by atoms with Crippen LogP contribution in [0.25, 0.3) is 11.2 Å². The van der Waals surface area contributed by atoms with E-state index >= 15 is 0 Å². The van der Waals surface area contributed by atoms with Crippen molar-refractivity contribution in [1.29, 1.82) is 0 Å². The summed E-state index contributed by atoms with van der Waals surface area (Å²) in [5, 5.41) is 6.00. The van der Waals surface area contributed by atoms with Crippen LogP contribution < -0.4 is 15.4 Å². The van der Waals surface area contributed by atoms with Gasteiger partial charge in [0, 0.05) is 13.0 Å². The maximum atomic E-state index is 13.2. The Hall–Kier alpha value is -3.39. The largest absolute Gasteiger partial charge is 0.471 e. The third-order valence-corrected chi connectivity index (χ3v) is 8.39. The Morgan fingerprint density at radius 1 is 1.09 bits per heavy atom. The quantitative estimate of drug-likeness (QED) is 0.127. The Morgan fingerprint density at radius 2 is 1.79 bits per heavy atom. The number of fused-ring (bicyclic) bond motifs is 1. The lowest BCUT2D eigenvalue weighted by Crippen LogP contribution is -2.32. The van der Waals surface area contributed by atoms with E-state index in [0.29, 0.717) is 36.8 Å². The number of aromatic amines is 1. The fourth-order valence-electron chi connectivity index (χ4n) is 5.35. The van der Waals surface area contributed by atoms with Crippen LogP contribution in [0.2, 0.25) is 10.0 Å². The zero-order valence-electron chi connectivity index (χ0n) is 26.0. The number of anilines is 2. The molecule has 4 rings (SSSR count). The normalized spacial score (nSPS) is 17.2. The molecule has 47 heavy (non-hydrogen) atoms. The van der Waals surface area contributed by atoms with Crippen molar-refractivity contribution in [3.8, 4) is 5.88 Å². The minimum absolute atomic E-state index is 0.0274. The first-order chi connectivity index (χ1) is 22.0. The van der Waals surface area contributed by atoms with Crippen molar-refractivity contribution in [2.24, 2.45) is 11.8 Å². The topological polar surface area (TPSA) is 118 Å². The summed E-state index contributed by atoms with van der Waals surface area (Å²) in [6.45, 7) is 4.24. The van der Waals surface area contributed by atoms with Crippen LogP contribution in [-0.2, 0) is 11.3 Å². The molecule has 0 aliphatic heterocycles. The van der Waals surface area contributed by atoms with E-state index < -0.39 is 42.6 Å². The van der Waals surface area contributed by atoms with E-state index in [1.165, 1.54) is 6.07 Å². The molecule has 1 aliphatic carbocycles. The van der Waals surface area contributed by atoms with E-state index in [2.05, 4.69) is 25.6 Å². The SMILES string of the molecule is CC(C)(C)OC(=O)NCc1ccc(Cl)c(Nc2nc3nc(OCC(F)F)c(C(=O)CCCC4CCC(C(F)(F)F)CC4)cc3[nH]2)c1Cl. The van der Waals surface area contributed by atoms with Crippen molar-refractivity contribution in [2.45, 2.75) is 90.5 Å². The molecular formula is C31H36Cl2F5N5O4. The van der Waals surface area contributed by atoms with Crippen LogP contribution in [0.15, 0.2) is 18.2 Å². The molecule has 1 amide bonds. The number of benzene rings is 1. The summed E-state index contributed by atoms with van der Waals surface area (Å²) in [7, 11) is 0. The van der Waals surface area contributed by atoms with Crippen molar-refractivity contribution in [3.05, 3.63) is 39.4 Å². The lowest BCUT2D eigenvalue weighted by Gasteiger charge is -2.29. The number of pyridine rings is 1. The lowest BCUT2D eigenvalue weighted by atomic mass is 9.79. The van der Waals surface area contributed by atoms with Gasteiger partial charge >= 0.3 is 12.3 Å². The summed E-state index contributed by atoms with van der Waals surface area (Å²) in [6, 6.07) is 4.60. The van der Waals surface area contributed by atoms with Gasteiger partial charge in [-0.3, -0.25) is 4.79 Å². The fraction of sp³-hybridized carbons (Fsp3) is 0.548. The zero-order chi connectivity index (χ0) is 34.5. The molecular weight excluding hydrogens is 672 g/mol. The number of hydrogen-bond acceptors (Lipinski definition) is 7. The van der Waals surface area contributed by atoms with Crippen molar-refractivity contribution < 1.29 is 41.0 Å². The van der Waals surface area contributed by atoms with E-state index in [1.54, 1.807) is 32.9 Å². The first-order valence-corrected chi connectivity index (χ1v) is 15.9. The minimum Gasteiger partial charge on any atom is -0.471 e. The molecule has 1 aromatic carbocycles. The number of carbonyl (C=O) groups is 2. The first kappa shape index (κ1) is 36.4. The van der Waals surface area contributed by atoms with Gasteiger partial charge in [0.25, 0.3) is 6.43 Å². The highest BCUT2D eigenvalue weighted by molar-refractivity contribution is 6.39. The van der Waals surface area contributed by atoms with Gasteiger partial charge < -0.3 is 25.1 Å². The number of ether oxygens (including phenoxy) is 2. The van der Waals surface area contributed by atoms with Gasteiger partial charge in [0.15, 0.2) is 18.0 Å². The van der Waals surface area contributed by atoms with Crippen LogP contribution in [0.4, 0.5) is 38.4 Å². The van der Waals surface area contributed by atoms with Crippen molar-refractivity contribution in [3.63, 3.8) is 0 Å². The average molecular weight is 709 g/mol. The maximum absolute atomic E-state index is 13.2. The number of H-pyrrole nitrogens is 1. The molecule has 16 heteroatoms. The van der Waals surface area contributed by atoms with E-state index in [-0.39, 0.29) is 70.5 Å². The van der Waals surface area contributed by atoms with Gasteiger partial charge in [-0.1, -0.05) is 35.7 Å². The molecule has 1 fully saturated rings. The van der Waals surface area contributed by atoms with E-state index in [9.17, 15) is 31.5 Å². The van der Waals surface area contributed by atoms with Gasteiger partial charge in [-0.15, -0.1) is 0 Å². The Balaban J connectivity index is 1.47. The molecule has 0 spiro atoms. The van der Waals surface area contributed by atoms with Gasteiger partial charge in [0.1, 0.15) is 5.60 Å². The second-order valence-corrected chi connectivity index (χ2v) is 13.2. The van der Waals surface area contributed by atoms with Gasteiger partial charge in [0.05, 0.1) is 32.7 Å². The van der Waals surface area contributed by atoms with Crippen LogP contribution in [0.5, 0.6) is 5.88 Å². The van der Waals surface area contributed by atoms with Gasteiger partial charge in [-0.05, 0) is 76.5 Å². The Labute approximate surface area is 278 Å². The summed E-state index contributed by atoms with van der Waals surface area (Å²) in [6.07, 6.45) is -5.58. The molecule has 0 unspecified atom stereocenters. The monoisotopic (exact) mass is 707 g/mol. The Kier molecular flexibility index (Phi) is 11.8. The molecule has 0 atom stereocenters. The number of alkyl halides is 5. The standard InChI is InChI=1S/C31H36Cl2F5N5O4/c1-30(2,3)47-29(45)39-14-17-9-12-20(32)25(24(17)33)41-28-40-21-13-19(27(42-26(21)43-28)46-15-23(34)35)22(44)6-4-5-16-7-10-18(11-8-16)31(36,37)38/h9,12-13,16,18,23H,4-8,10-11,14-15H2,1-3H3,(H,39,45)(H2,40,41,42,43). The third-order valence-electron chi connectivity index (χ3n) is 7.65. The molecule has 258 valence electrons. The number of halogens is 7. The molecule has 9 nitrogen and oxygen atoms in total. The molecule has 3 aromatic rings. The zero-order valence-corrected chi connectivity index (χ0v) is 27.5. The minimum atomic E-state index is -4.19.